The Morgan fingerprint density at radius 3 is 2.72 bits per heavy atom. The van der Waals surface area contributed by atoms with Gasteiger partial charge in [-0.15, -0.1) is 0 Å². The Bertz CT molecular complexity index is 544. The van der Waals surface area contributed by atoms with E-state index < -0.39 is 0 Å². The van der Waals surface area contributed by atoms with Crippen LogP contribution in [0.15, 0.2) is 40.9 Å². The summed E-state index contributed by atoms with van der Waals surface area (Å²) in [5.41, 5.74) is 1.71. The highest BCUT2D eigenvalue weighted by Gasteiger charge is 2.26. The molecule has 0 saturated heterocycles. The predicted octanol–water partition coefficient (Wildman–Crippen LogP) is 3.08. The third kappa shape index (κ3) is 2.14. The number of rotatable bonds is 3. The SMILES string of the molecule is O=C(Nc1cc(-c2ccccc2)no1)C1CCC1. The molecule has 1 amide bonds. The molecular weight excluding hydrogens is 228 g/mol. The molecule has 0 unspecified atom stereocenters. The van der Waals surface area contributed by atoms with Crippen LogP contribution in [-0.4, -0.2) is 11.1 Å². The van der Waals surface area contributed by atoms with Gasteiger partial charge >= 0.3 is 0 Å². The van der Waals surface area contributed by atoms with E-state index in [-0.39, 0.29) is 11.8 Å². The standard InChI is InChI=1S/C14H14N2O2/c17-14(11-7-4-8-11)15-13-9-12(16-18-13)10-5-2-1-3-6-10/h1-3,5-6,9,11H,4,7-8H2,(H,15,17). The van der Waals surface area contributed by atoms with E-state index >= 15 is 0 Å². The molecular formula is C14H14N2O2. The molecule has 92 valence electrons. The number of aromatic nitrogens is 1. The highest BCUT2D eigenvalue weighted by atomic mass is 16.5. The van der Waals surface area contributed by atoms with Crippen molar-refractivity contribution in [2.75, 3.05) is 5.32 Å². The largest absolute Gasteiger partial charge is 0.338 e. The molecule has 1 saturated carbocycles. The summed E-state index contributed by atoms with van der Waals surface area (Å²) in [6, 6.07) is 11.5. The van der Waals surface area contributed by atoms with Crippen LogP contribution in [0.4, 0.5) is 5.88 Å². The molecule has 4 nitrogen and oxygen atoms in total. The van der Waals surface area contributed by atoms with Crippen LogP contribution in [0.5, 0.6) is 0 Å². The first-order chi connectivity index (χ1) is 8.83. The summed E-state index contributed by atoms with van der Waals surface area (Å²) >= 11 is 0. The van der Waals surface area contributed by atoms with Crippen molar-refractivity contribution >= 4 is 11.8 Å². The summed E-state index contributed by atoms with van der Waals surface area (Å²) in [5, 5.41) is 6.72. The van der Waals surface area contributed by atoms with E-state index in [4.69, 9.17) is 4.52 Å². The highest BCUT2D eigenvalue weighted by Crippen LogP contribution is 2.28. The number of carbonyl (C=O) groups is 1. The van der Waals surface area contributed by atoms with E-state index in [0.29, 0.717) is 5.88 Å². The monoisotopic (exact) mass is 242 g/mol. The lowest BCUT2D eigenvalue weighted by Gasteiger charge is -2.23. The zero-order valence-corrected chi connectivity index (χ0v) is 9.93. The summed E-state index contributed by atoms with van der Waals surface area (Å²) in [6.07, 6.45) is 3.10. The molecule has 1 N–H and O–H groups in total. The van der Waals surface area contributed by atoms with Gasteiger partial charge < -0.3 is 4.52 Å². The maximum atomic E-state index is 11.7. The summed E-state index contributed by atoms with van der Waals surface area (Å²) in [6.45, 7) is 0. The van der Waals surface area contributed by atoms with Gasteiger partial charge in [0.1, 0.15) is 5.69 Å². The number of nitrogens with one attached hydrogen (secondary N) is 1. The molecule has 1 aliphatic rings. The topological polar surface area (TPSA) is 55.1 Å². The van der Waals surface area contributed by atoms with E-state index in [9.17, 15) is 4.79 Å². The molecule has 1 aromatic carbocycles. The quantitative estimate of drug-likeness (QED) is 0.899. The van der Waals surface area contributed by atoms with Gasteiger partial charge in [0.2, 0.25) is 11.8 Å². The van der Waals surface area contributed by atoms with Crippen LogP contribution in [0.25, 0.3) is 11.3 Å². The van der Waals surface area contributed by atoms with Crippen molar-refractivity contribution in [2.45, 2.75) is 19.3 Å². The van der Waals surface area contributed by atoms with Crippen LogP contribution in [0, 0.1) is 5.92 Å². The van der Waals surface area contributed by atoms with Crippen LogP contribution in [0.2, 0.25) is 0 Å². The summed E-state index contributed by atoms with van der Waals surface area (Å²) < 4.78 is 5.13. The Morgan fingerprint density at radius 2 is 2.06 bits per heavy atom. The normalized spacial score (nSPS) is 15.1. The van der Waals surface area contributed by atoms with Gasteiger partial charge in [0, 0.05) is 17.5 Å². The minimum atomic E-state index is 0.0389. The van der Waals surface area contributed by atoms with Crippen molar-refractivity contribution < 1.29 is 9.32 Å². The number of anilines is 1. The van der Waals surface area contributed by atoms with E-state index in [0.717, 1.165) is 30.5 Å². The van der Waals surface area contributed by atoms with Gasteiger partial charge in [-0.05, 0) is 12.8 Å². The molecule has 0 aliphatic heterocycles. The average Bonchev–Trinajstić information content (AvgIpc) is 2.76. The minimum absolute atomic E-state index is 0.0389. The molecule has 3 rings (SSSR count). The lowest BCUT2D eigenvalue weighted by molar-refractivity contribution is -0.122. The van der Waals surface area contributed by atoms with Gasteiger partial charge in [-0.2, -0.15) is 0 Å². The molecule has 1 heterocycles. The third-order valence-electron chi connectivity index (χ3n) is 3.30. The summed E-state index contributed by atoms with van der Waals surface area (Å²) in [7, 11) is 0. The number of benzene rings is 1. The van der Waals surface area contributed by atoms with Crippen molar-refractivity contribution in [1.82, 2.24) is 5.16 Å². The summed E-state index contributed by atoms with van der Waals surface area (Å²) in [5.74, 6) is 0.609. The highest BCUT2D eigenvalue weighted by molar-refractivity contribution is 5.92. The molecule has 1 aliphatic carbocycles. The summed E-state index contributed by atoms with van der Waals surface area (Å²) in [4.78, 5) is 11.7. The van der Waals surface area contributed by atoms with Crippen molar-refractivity contribution in [3.63, 3.8) is 0 Å². The number of hydrogen-bond donors (Lipinski definition) is 1. The number of carbonyl (C=O) groups excluding carboxylic acids is 1. The molecule has 4 heteroatoms. The number of hydrogen-bond acceptors (Lipinski definition) is 3. The second-order valence-corrected chi connectivity index (χ2v) is 4.56. The van der Waals surface area contributed by atoms with Gasteiger partial charge in [-0.3, -0.25) is 10.1 Å². The second kappa shape index (κ2) is 4.64. The fourth-order valence-electron chi connectivity index (χ4n) is 1.97. The van der Waals surface area contributed by atoms with Gasteiger partial charge in [-0.1, -0.05) is 41.9 Å². The second-order valence-electron chi connectivity index (χ2n) is 4.56. The van der Waals surface area contributed by atoms with Crippen molar-refractivity contribution in [1.29, 1.82) is 0 Å². The van der Waals surface area contributed by atoms with Crippen molar-refractivity contribution in [3.05, 3.63) is 36.4 Å². The van der Waals surface area contributed by atoms with Gasteiger partial charge in [0.25, 0.3) is 0 Å². The van der Waals surface area contributed by atoms with Crippen LogP contribution in [0.1, 0.15) is 19.3 Å². The molecule has 0 radical (unpaired) electrons. The van der Waals surface area contributed by atoms with Crippen molar-refractivity contribution in [3.8, 4) is 11.3 Å². The molecule has 1 aromatic heterocycles. The average molecular weight is 242 g/mol. The van der Waals surface area contributed by atoms with Crippen LogP contribution in [-0.2, 0) is 4.79 Å². The van der Waals surface area contributed by atoms with E-state index in [1.54, 1.807) is 6.07 Å². The smallest absolute Gasteiger partial charge is 0.231 e. The Kier molecular flexibility index (Phi) is 2.84. The first kappa shape index (κ1) is 11.0. The van der Waals surface area contributed by atoms with Crippen LogP contribution in [0.3, 0.4) is 0 Å². The molecule has 0 spiro atoms. The maximum Gasteiger partial charge on any atom is 0.231 e. The molecule has 2 aromatic rings. The molecule has 1 fully saturated rings. The Hall–Kier alpha value is -2.10. The van der Waals surface area contributed by atoms with Gasteiger partial charge in [0.05, 0.1) is 0 Å². The Morgan fingerprint density at radius 1 is 1.28 bits per heavy atom. The third-order valence-corrected chi connectivity index (χ3v) is 3.30. The lowest BCUT2D eigenvalue weighted by atomic mass is 9.85. The number of nitrogens with zero attached hydrogens (tertiary/aromatic N) is 1. The Balaban J connectivity index is 1.71. The maximum absolute atomic E-state index is 11.7. The number of amides is 1. The zero-order valence-electron chi connectivity index (χ0n) is 9.93. The molecule has 0 bridgehead atoms. The molecule has 0 atom stereocenters. The van der Waals surface area contributed by atoms with Crippen LogP contribution < -0.4 is 5.32 Å². The molecule has 18 heavy (non-hydrogen) atoms. The lowest BCUT2D eigenvalue weighted by Crippen LogP contribution is -2.27. The van der Waals surface area contributed by atoms with Gasteiger partial charge in [0.15, 0.2) is 0 Å². The predicted molar refractivity (Wildman–Crippen MR) is 67.9 cm³/mol. The van der Waals surface area contributed by atoms with E-state index in [1.807, 2.05) is 30.3 Å². The van der Waals surface area contributed by atoms with E-state index in [1.165, 1.54) is 0 Å². The van der Waals surface area contributed by atoms with E-state index in [2.05, 4.69) is 10.5 Å². The zero-order chi connectivity index (χ0) is 12.4. The fraction of sp³-hybridized carbons (Fsp3) is 0.286. The fourth-order valence-corrected chi connectivity index (χ4v) is 1.97. The van der Waals surface area contributed by atoms with Crippen LogP contribution >= 0.6 is 0 Å². The van der Waals surface area contributed by atoms with Crippen molar-refractivity contribution in [2.24, 2.45) is 5.92 Å². The van der Waals surface area contributed by atoms with Gasteiger partial charge in [-0.25, -0.2) is 0 Å². The minimum Gasteiger partial charge on any atom is -0.338 e. The first-order valence-electron chi connectivity index (χ1n) is 6.16. The Labute approximate surface area is 105 Å². The first-order valence-corrected chi connectivity index (χ1v) is 6.16.